The second-order valence-electron chi connectivity index (χ2n) is 11.4. The molecule has 0 aromatic heterocycles. The van der Waals surface area contributed by atoms with E-state index in [-0.39, 0.29) is 34.8 Å². The monoisotopic (exact) mass is 502 g/mol. The molecule has 35 heavy (non-hydrogen) atoms. The Bertz CT molecular complexity index is 1140. The predicted octanol–water partition coefficient (Wildman–Crippen LogP) is 3.28. The second kappa shape index (κ2) is 8.82. The Morgan fingerprint density at radius 2 is 1.94 bits per heavy atom. The molecule has 1 amide bonds. The van der Waals surface area contributed by atoms with Crippen LogP contribution in [0.2, 0.25) is 0 Å². The third-order valence-corrected chi connectivity index (χ3v) is 11.3. The average Bonchev–Trinajstić information content (AvgIpc) is 3.25. The first kappa shape index (κ1) is 24.7. The van der Waals surface area contributed by atoms with E-state index < -0.39 is 21.4 Å². The number of hydrogen-bond acceptors (Lipinski definition) is 5. The highest BCUT2D eigenvalue weighted by Crippen LogP contribution is 2.59. The second-order valence-corrected chi connectivity index (χ2v) is 13.4. The number of fused-ring (bicyclic) bond motifs is 1. The normalized spacial score (nSPS) is 36.4. The van der Waals surface area contributed by atoms with Gasteiger partial charge >= 0.3 is 0 Å². The van der Waals surface area contributed by atoms with Crippen molar-refractivity contribution in [1.82, 2.24) is 14.5 Å². The van der Waals surface area contributed by atoms with Crippen LogP contribution in [0, 0.1) is 34.9 Å². The highest BCUT2D eigenvalue weighted by Gasteiger charge is 2.60. The van der Waals surface area contributed by atoms with Gasteiger partial charge in [0.05, 0.1) is 17.5 Å². The lowest BCUT2D eigenvalue weighted by molar-refractivity contribution is -0.131. The summed E-state index contributed by atoms with van der Waals surface area (Å²) in [5.41, 5.74) is -0.874. The van der Waals surface area contributed by atoms with Crippen LogP contribution >= 0.6 is 0 Å². The van der Waals surface area contributed by atoms with Crippen LogP contribution < -0.4 is 5.32 Å². The number of benzene rings is 1. The zero-order valence-electron chi connectivity index (χ0n) is 20.5. The van der Waals surface area contributed by atoms with Gasteiger partial charge in [-0.05, 0) is 93.4 Å². The van der Waals surface area contributed by atoms with Crippen molar-refractivity contribution in [2.75, 3.05) is 20.1 Å². The first-order valence-electron chi connectivity index (χ1n) is 12.8. The first-order chi connectivity index (χ1) is 16.6. The summed E-state index contributed by atoms with van der Waals surface area (Å²) in [6.07, 6.45) is 6.97. The molecule has 1 N–H and O–H groups in total. The predicted molar refractivity (Wildman–Crippen MR) is 129 cm³/mol. The van der Waals surface area contributed by atoms with Gasteiger partial charge in [0.15, 0.2) is 0 Å². The highest BCUT2D eigenvalue weighted by atomic mass is 32.2. The number of nitrogens with zero attached hydrogens (tertiary/aromatic N) is 3. The molecule has 4 saturated carbocycles. The van der Waals surface area contributed by atoms with Gasteiger partial charge in [-0.3, -0.25) is 4.79 Å². The molecule has 6 rings (SSSR count). The molecule has 1 aromatic carbocycles. The molecular formula is C26H35FN4O3S. The van der Waals surface area contributed by atoms with E-state index in [4.69, 9.17) is 0 Å². The van der Waals surface area contributed by atoms with Crippen LogP contribution in [0.5, 0.6) is 0 Å². The third kappa shape index (κ3) is 4.17. The van der Waals surface area contributed by atoms with Gasteiger partial charge in [0.2, 0.25) is 15.9 Å². The molecule has 1 heterocycles. The molecule has 0 spiro atoms. The van der Waals surface area contributed by atoms with E-state index in [9.17, 15) is 22.9 Å². The summed E-state index contributed by atoms with van der Waals surface area (Å²) in [4.78, 5) is 14.8. The van der Waals surface area contributed by atoms with Crippen LogP contribution in [-0.2, 0) is 14.8 Å². The molecule has 1 aliphatic heterocycles. The number of nitriles is 1. The van der Waals surface area contributed by atoms with Crippen molar-refractivity contribution >= 4 is 15.9 Å². The van der Waals surface area contributed by atoms with E-state index in [2.05, 4.69) is 18.3 Å². The van der Waals surface area contributed by atoms with Crippen LogP contribution in [0.25, 0.3) is 0 Å². The molecule has 9 heteroatoms. The van der Waals surface area contributed by atoms with Crippen molar-refractivity contribution in [3.63, 3.8) is 0 Å². The Morgan fingerprint density at radius 1 is 1.23 bits per heavy atom. The van der Waals surface area contributed by atoms with Crippen LogP contribution in [0.15, 0.2) is 29.2 Å². The standard InChI is InChI=1S/C26H35FN4O3S/c1-18-10-19-11-20-13-25(12-19,29-16-24(32)31-9-3-4-22(31)15-28)17-26(18,14-20)30(2)35(33,34)23-7-5-21(27)6-8-23/h5-8,18-20,22,29H,3-4,9-14,16-17H2,1-2H3. The molecule has 1 saturated heterocycles. The summed E-state index contributed by atoms with van der Waals surface area (Å²) >= 11 is 0. The molecule has 0 radical (unpaired) electrons. The van der Waals surface area contributed by atoms with Crippen LogP contribution in [0.1, 0.15) is 58.3 Å². The van der Waals surface area contributed by atoms with E-state index in [1.54, 1.807) is 16.3 Å². The molecule has 6 unspecified atom stereocenters. The molecule has 4 aliphatic carbocycles. The van der Waals surface area contributed by atoms with E-state index in [1.165, 1.54) is 24.3 Å². The number of halogens is 1. The number of likely N-dealkylation sites (tertiary alicyclic amines) is 1. The van der Waals surface area contributed by atoms with Gasteiger partial charge in [-0.1, -0.05) is 6.92 Å². The Hall–Kier alpha value is -2.02. The minimum absolute atomic E-state index is 0.0437. The number of rotatable bonds is 6. The average molecular weight is 503 g/mol. The molecule has 5 fully saturated rings. The van der Waals surface area contributed by atoms with Crippen LogP contribution in [0.4, 0.5) is 4.39 Å². The van der Waals surface area contributed by atoms with Crippen molar-refractivity contribution < 1.29 is 17.6 Å². The van der Waals surface area contributed by atoms with Gasteiger partial charge in [0.25, 0.3) is 0 Å². The minimum Gasteiger partial charge on any atom is -0.326 e. The van der Waals surface area contributed by atoms with Crippen molar-refractivity contribution in [1.29, 1.82) is 5.26 Å². The van der Waals surface area contributed by atoms with Crippen molar-refractivity contribution in [3.05, 3.63) is 30.1 Å². The summed E-state index contributed by atoms with van der Waals surface area (Å²) in [5.74, 6) is 0.545. The molecule has 4 bridgehead atoms. The zero-order chi connectivity index (χ0) is 25.0. The van der Waals surface area contributed by atoms with E-state index >= 15 is 0 Å². The van der Waals surface area contributed by atoms with Gasteiger partial charge in [0, 0.05) is 24.7 Å². The summed E-state index contributed by atoms with van der Waals surface area (Å²) in [6.45, 7) is 2.97. The van der Waals surface area contributed by atoms with Gasteiger partial charge in [-0.2, -0.15) is 9.57 Å². The van der Waals surface area contributed by atoms with E-state index in [1.807, 2.05) is 0 Å². The Balaban J connectivity index is 1.43. The summed E-state index contributed by atoms with van der Waals surface area (Å²) in [7, 11) is -2.14. The number of nitrogens with one attached hydrogen (secondary N) is 1. The maximum atomic E-state index is 13.7. The molecule has 190 valence electrons. The van der Waals surface area contributed by atoms with E-state index in [0.717, 1.165) is 44.9 Å². The number of amides is 1. The zero-order valence-corrected chi connectivity index (χ0v) is 21.4. The summed E-state index contributed by atoms with van der Waals surface area (Å²) in [6, 6.07) is 6.96. The highest BCUT2D eigenvalue weighted by molar-refractivity contribution is 7.89. The minimum atomic E-state index is -3.82. The number of sulfonamides is 1. The summed E-state index contributed by atoms with van der Waals surface area (Å²) < 4.78 is 42.5. The number of carbonyl (C=O) groups excluding carboxylic acids is 1. The number of hydrogen-bond donors (Lipinski definition) is 1. The van der Waals surface area contributed by atoms with Gasteiger partial charge in [-0.15, -0.1) is 0 Å². The fraction of sp³-hybridized carbons (Fsp3) is 0.692. The quantitative estimate of drug-likeness (QED) is 0.644. The molecule has 7 nitrogen and oxygen atoms in total. The SMILES string of the molecule is CC1CC2CC3CC(NCC(=O)N4CCCC4C#N)(C2)CC1(N(C)S(=O)(=O)c1ccc(F)cc1)C3. The Morgan fingerprint density at radius 3 is 2.66 bits per heavy atom. The molecular weight excluding hydrogens is 467 g/mol. The van der Waals surface area contributed by atoms with Gasteiger partial charge in [0.1, 0.15) is 11.9 Å². The van der Waals surface area contributed by atoms with Crippen molar-refractivity contribution in [2.45, 2.75) is 80.3 Å². The summed E-state index contributed by atoms with van der Waals surface area (Å²) in [5, 5.41) is 13.0. The Kier molecular flexibility index (Phi) is 6.22. The topological polar surface area (TPSA) is 93.5 Å². The van der Waals surface area contributed by atoms with Crippen molar-refractivity contribution in [2.24, 2.45) is 17.8 Å². The lowest BCUT2D eigenvalue weighted by atomic mass is 9.59. The van der Waals surface area contributed by atoms with E-state index in [0.29, 0.717) is 24.8 Å². The first-order valence-corrected chi connectivity index (χ1v) is 14.2. The maximum absolute atomic E-state index is 13.7. The molecule has 1 aromatic rings. The maximum Gasteiger partial charge on any atom is 0.243 e. The van der Waals surface area contributed by atoms with Gasteiger partial charge in [-0.25, -0.2) is 12.8 Å². The molecule has 5 aliphatic rings. The van der Waals surface area contributed by atoms with Gasteiger partial charge < -0.3 is 10.2 Å². The fourth-order valence-electron chi connectivity index (χ4n) is 7.88. The lowest BCUT2D eigenvalue weighted by Gasteiger charge is -2.56. The molecule has 6 atom stereocenters. The van der Waals surface area contributed by atoms with Crippen LogP contribution in [-0.4, -0.2) is 60.8 Å². The Labute approximate surface area is 207 Å². The number of carbonyl (C=O) groups is 1. The third-order valence-electron chi connectivity index (χ3n) is 9.35. The smallest absolute Gasteiger partial charge is 0.243 e. The largest absolute Gasteiger partial charge is 0.326 e. The van der Waals surface area contributed by atoms with Crippen LogP contribution in [0.3, 0.4) is 0 Å². The lowest BCUT2D eigenvalue weighted by Crippen LogP contribution is -2.65. The fourth-order valence-corrected chi connectivity index (χ4v) is 9.48. The van der Waals surface area contributed by atoms with Crippen molar-refractivity contribution in [3.8, 4) is 6.07 Å².